The van der Waals surface area contributed by atoms with Crippen molar-refractivity contribution in [2.75, 3.05) is 0 Å². The van der Waals surface area contributed by atoms with Crippen LogP contribution in [0.2, 0.25) is 0 Å². The monoisotopic (exact) mass is 284 g/mol. The Morgan fingerprint density at radius 2 is 1.62 bits per heavy atom. The summed E-state index contributed by atoms with van der Waals surface area (Å²) in [4.78, 5) is 0. The third kappa shape index (κ3) is 2.34. The predicted octanol–water partition coefficient (Wildman–Crippen LogP) is 4.94. The lowest BCUT2D eigenvalue weighted by Gasteiger charge is -2.57. The highest BCUT2D eigenvalue weighted by Crippen LogP contribution is 2.62. The van der Waals surface area contributed by atoms with E-state index in [0.29, 0.717) is 5.41 Å². The van der Waals surface area contributed by atoms with E-state index in [0.717, 1.165) is 24.2 Å². The number of aliphatic hydroxyl groups is 1. The summed E-state index contributed by atoms with van der Waals surface area (Å²) in [6.45, 7) is 4.31. The second-order valence-corrected chi connectivity index (χ2v) is 8.43. The van der Waals surface area contributed by atoms with E-state index in [9.17, 15) is 5.11 Å². The van der Waals surface area contributed by atoms with Crippen LogP contribution in [0.3, 0.4) is 0 Å². The Balaban J connectivity index is 1.57. The van der Waals surface area contributed by atoms with Crippen LogP contribution < -0.4 is 0 Å². The lowest BCUT2D eigenvalue weighted by atomic mass is 9.48. The van der Waals surface area contributed by atoms with Crippen LogP contribution in [0, 0.1) is 37.0 Å². The zero-order valence-electron chi connectivity index (χ0n) is 13.4. The summed E-state index contributed by atoms with van der Waals surface area (Å²) in [5.41, 5.74) is 4.22. The van der Waals surface area contributed by atoms with Crippen LogP contribution in [0.4, 0.5) is 0 Å². The number of aryl methyl sites for hydroxylation is 1. The van der Waals surface area contributed by atoms with Crippen LogP contribution in [-0.4, -0.2) is 5.11 Å². The van der Waals surface area contributed by atoms with Gasteiger partial charge in [0.15, 0.2) is 0 Å². The average Bonchev–Trinajstić information content (AvgIpc) is 2.39. The first-order valence-corrected chi connectivity index (χ1v) is 8.79. The molecule has 4 saturated carbocycles. The molecule has 5 rings (SSSR count). The van der Waals surface area contributed by atoms with Crippen molar-refractivity contribution in [3.8, 4) is 0 Å². The summed E-state index contributed by atoms with van der Waals surface area (Å²) in [7, 11) is 0. The van der Waals surface area contributed by atoms with Crippen molar-refractivity contribution in [3.63, 3.8) is 0 Å². The van der Waals surface area contributed by atoms with Gasteiger partial charge in [-0.3, -0.25) is 0 Å². The van der Waals surface area contributed by atoms with Gasteiger partial charge in [-0.2, -0.15) is 0 Å². The zero-order chi connectivity index (χ0) is 14.6. The Bertz CT molecular complexity index is 509. The lowest BCUT2D eigenvalue weighted by Crippen LogP contribution is -2.46. The van der Waals surface area contributed by atoms with Crippen LogP contribution in [0.5, 0.6) is 0 Å². The molecule has 4 aliphatic carbocycles. The molecule has 0 aliphatic heterocycles. The van der Waals surface area contributed by atoms with Gasteiger partial charge in [0.1, 0.15) is 0 Å². The van der Waals surface area contributed by atoms with Crippen molar-refractivity contribution in [1.29, 1.82) is 0 Å². The van der Waals surface area contributed by atoms with Crippen molar-refractivity contribution in [2.45, 2.75) is 64.9 Å². The van der Waals surface area contributed by atoms with Crippen molar-refractivity contribution in [1.82, 2.24) is 0 Å². The number of rotatable bonds is 3. The Labute approximate surface area is 128 Å². The Kier molecular flexibility index (Phi) is 3.19. The fourth-order valence-corrected chi connectivity index (χ4v) is 6.19. The minimum absolute atomic E-state index is 0.263. The molecule has 1 N–H and O–H groups in total. The fourth-order valence-electron chi connectivity index (χ4n) is 6.19. The molecule has 1 heteroatoms. The molecule has 1 aromatic carbocycles. The molecule has 0 aromatic heterocycles. The SMILES string of the molecule is Cc1cccc(C(O)CC23CC4CC(CC(C4)C2)C3)c1C. The van der Waals surface area contributed by atoms with Crippen LogP contribution in [-0.2, 0) is 0 Å². The molecule has 1 atom stereocenters. The van der Waals surface area contributed by atoms with Crippen molar-refractivity contribution < 1.29 is 5.11 Å². The summed E-state index contributed by atoms with van der Waals surface area (Å²) in [5.74, 6) is 2.92. The van der Waals surface area contributed by atoms with Crippen molar-refractivity contribution in [3.05, 3.63) is 34.9 Å². The quantitative estimate of drug-likeness (QED) is 0.833. The number of benzene rings is 1. The summed E-state index contributed by atoms with van der Waals surface area (Å²) in [6, 6.07) is 6.38. The number of hydrogen-bond acceptors (Lipinski definition) is 1. The molecule has 0 saturated heterocycles. The molecule has 21 heavy (non-hydrogen) atoms. The minimum atomic E-state index is -0.263. The number of aliphatic hydroxyl groups excluding tert-OH is 1. The first kappa shape index (κ1) is 13.8. The summed E-state index contributed by atoms with van der Waals surface area (Å²) >= 11 is 0. The van der Waals surface area contributed by atoms with Gasteiger partial charge >= 0.3 is 0 Å². The van der Waals surface area contributed by atoms with Crippen molar-refractivity contribution in [2.24, 2.45) is 23.2 Å². The van der Waals surface area contributed by atoms with E-state index in [-0.39, 0.29) is 6.10 Å². The van der Waals surface area contributed by atoms with E-state index < -0.39 is 0 Å². The van der Waals surface area contributed by atoms with E-state index in [1.165, 1.54) is 55.2 Å². The van der Waals surface area contributed by atoms with Crippen LogP contribution in [0.1, 0.15) is 67.7 Å². The molecule has 4 fully saturated rings. The molecule has 1 aromatic rings. The third-order valence-electron chi connectivity index (χ3n) is 6.80. The van der Waals surface area contributed by atoms with Gasteiger partial charge in [-0.25, -0.2) is 0 Å². The average molecular weight is 284 g/mol. The standard InChI is InChI=1S/C20H28O/c1-13-4-3-5-18(14(13)2)19(21)12-20-9-15-6-16(10-20)8-17(7-15)11-20/h3-5,15-17,19,21H,6-12H2,1-2H3. The molecule has 1 nitrogen and oxygen atoms in total. The van der Waals surface area contributed by atoms with E-state index in [1.54, 1.807) is 0 Å². The van der Waals surface area contributed by atoms with Gasteiger partial charge in [0, 0.05) is 0 Å². The highest BCUT2D eigenvalue weighted by Gasteiger charge is 2.51. The Morgan fingerprint density at radius 1 is 1.05 bits per heavy atom. The van der Waals surface area contributed by atoms with E-state index in [2.05, 4.69) is 32.0 Å². The van der Waals surface area contributed by atoms with Gasteiger partial charge < -0.3 is 5.11 Å². The Hall–Kier alpha value is -0.820. The van der Waals surface area contributed by atoms with Gasteiger partial charge in [-0.1, -0.05) is 18.2 Å². The maximum absolute atomic E-state index is 10.9. The van der Waals surface area contributed by atoms with Gasteiger partial charge in [-0.15, -0.1) is 0 Å². The minimum Gasteiger partial charge on any atom is -0.388 e. The maximum atomic E-state index is 10.9. The maximum Gasteiger partial charge on any atom is 0.0798 e. The normalized spacial score (nSPS) is 38.7. The Morgan fingerprint density at radius 3 is 2.19 bits per heavy atom. The molecular weight excluding hydrogens is 256 g/mol. The molecule has 0 radical (unpaired) electrons. The smallest absolute Gasteiger partial charge is 0.0798 e. The van der Waals surface area contributed by atoms with Crippen LogP contribution in [0.25, 0.3) is 0 Å². The van der Waals surface area contributed by atoms with Gasteiger partial charge in [-0.05, 0) is 98.7 Å². The second kappa shape index (κ2) is 4.84. The largest absolute Gasteiger partial charge is 0.388 e. The number of hydrogen-bond donors (Lipinski definition) is 1. The third-order valence-corrected chi connectivity index (χ3v) is 6.80. The van der Waals surface area contributed by atoms with E-state index in [4.69, 9.17) is 0 Å². The van der Waals surface area contributed by atoms with Gasteiger partial charge in [0.2, 0.25) is 0 Å². The first-order chi connectivity index (χ1) is 10.0. The topological polar surface area (TPSA) is 20.2 Å². The van der Waals surface area contributed by atoms with Gasteiger partial charge in [0.05, 0.1) is 6.10 Å². The van der Waals surface area contributed by atoms with E-state index in [1.807, 2.05) is 0 Å². The van der Waals surface area contributed by atoms with Crippen molar-refractivity contribution >= 4 is 0 Å². The molecular formula is C20H28O. The van der Waals surface area contributed by atoms with Gasteiger partial charge in [0.25, 0.3) is 0 Å². The highest BCUT2D eigenvalue weighted by atomic mass is 16.3. The first-order valence-electron chi connectivity index (χ1n) is 8.79. The molecule has 4 aliphatic rings. The zero-order valence-corrected chi connectivity index (χ0v) is 13.4. The summed E-state index contributed by atoms with van der Waals surface area (Å²) in [6.07, 6.45) is 9.36. The summed E-state index contributed by atoms with van der Waals surface area (Å²) < 4.78 is 0. The van der Waals surface area contributed by atoms with Crippen LogP contribution >= 0.6 is 0 Å². The lowest BCUT2D eigenvalue weighted by molar-refractivity contribution is -0.0764. The summed E-state index contributed by atoms with van der Waals surface area (Å²) in [5, 5.41) is 10.9. The highest BCUT2D eigenvalue weighted by molar-refractivity contribution is 5.34. The molecule has 0 heterocycles. The molecule has 114 valence electrons. The fraction of sp³-hybridized carbons (Fsp3) is 0.700. The molecule has 4 bridgehead atoms. The predicted molar refractivity (Wildman–Crippen MR) is 86.1 cm³/mol. The molecule has 1 unspecified atom stereocenters. The van der Waals surface area contributed by atoms with E-state index >= 15 is 0 Å². The molecule has 0 amide bonds. The van der Waals surface area contributed by atoms with Crippen LogP contribution in [0.15, 0.2) is 18.2 Å². The second-order valence-electron chi connectivity index (χ2n) is 8.43. The molecule has 0 spiro atoms.